The lowest BCUT2D eigenvalue weighted by atomic mass is 10.0. The lowest BCUT2D eigenvalue weighted by Crippen LogP contribution is -2.25. The molecule has 0 aliphatic carbocycles. The summed E-state index contributed by atoms with van der Waals surface area (Å²) in [4.78, 5) is 40.2. The first kappa shape index (κ1) is 20.4. The van der Waals surface area contributed by atoms with Crippen LogP contribution >= 0.6 is 0 Å². The van der Waals surface area contributed by atoms with E-state index in [0.717, 1.165) is 11.1 Å². The quantitative estimate of drug-likeness (QED) is 0.616. The van der Waals surface area contributed by atoms with Crippen molar-refractivity contribution in [3.63, 3.8) is 0 Å². The number of benzene rings is 1. The van der Waals surface area contributed by atoms with Crippen LogP contribution in [0.1, 0.15) is 67.4 Å². The predicted molar refractivity (Wildman–Crippen MR) is 101 cm³/mol. The summed E-state index contributed by atoms with van der Waals surface area (Å²) in [7, 11) is 0. The number of ketones is 1. The topological polar surface area (TPSA) is 85.5 Å². The van der Waals surface area contributed by atoms with Gasteiger partial charge < -0.3 is 14.5 Å². The van der Waals surface area contributed by atoms with E-state index in [-0.39, 0.29) is 12.3 Å². The summed E-state index contributed by atoms with van der Waals surface area (Å²) >= 11 is 0. The molecule has 0 aliphatic rings. The van der Waals surface area contributed by atoms with Gasteiger partial charge in [-0.25, -0.2) is 9.59 Å². The van der Waals surface area contributed by atoms with Gasteiger partial charge in [-0.1, -0.05) is 12.1 Å². The number of hydrogen-bond acceptors (Lipinski definition) is 5. The first-order valence-corrected chi connectivity index (χ1v) is 8.86. The third-order valence-electron chi connectivity index (χ3n) is 4.64. The summed E-state index contributed by atoms with van der Waals surface area (Å²) in [5.74, 6) is -1.43. The van der Waals surface area contributed by atoms with Gasteiger partial charge in [0, 0.05) is 5.69 Å². The summed E-state index contributed by atoms with van der Waals surface area (Å²) in [6.07, 6.45) is -0.996. The van der Waals surface area contributed by atoms with E-state index in [9.17, 15) is 14.4 Å². The van der Waals surface area contributed by atoms with Crippen LogP contribution < -0.4 is 0 Å². The van der Waals surface area contributed by atoms with Crippen LogP contribution in [0.4, 0.5) is 0 Å². The van der Waals surface area contributed by atoms with Crippen LogP contribution in [0, 0.1) is 27.7 Å². The normalized spacial score (nSPS) is 11.8. The minimum atomic E-state index is -0.996. The summed E-state index contributed by atoms with van der Waals surface area (Å²) in [6, 6.07) is 5.35. The molecule has 0 aliphatic heterocycles. The maximum absolute atomic E-state index is 12.8. The zero-order valence-electron chi connectivity index (χ0n) is 16.6. The average Bonchev–Trinajstić information content (AvgIpc) is 2.91. The van der Waals surface area contributed by atoms with E-state index in [1.807, 2.05) is 19.9 Å². The maximum Gasteiger partial charge on any atom is 0.340 e. The Morgan fingerprint density at radius 1 is 1.04 bits per heavy atom. The van der Waals surface area contributed by atoms with Crippen molar-refractivity contribution in [3.05, 3.63) is 57.4 Å². The molecule has 2 rings (SSSR count). The zero-order chi connectivity index (χ0) is 20.3. The Hall–Kier alpha value is -2.89. The Morgan fingerprint density at radius 2 is 1.70 bits per heavy atom. The molecule has 1 N–H and O–H groups in total. The van der Waals surface area contributed by atoms with Crippen molar-refractivity contribution in [2.24, 2.45) is 0 Å². The number of rotatable bonds is 6. The van der Waals surface area contributed by atoms with Gasteiger partial charge in [0.05, 0.1) is 23.4 Å². The number of nitrogens with one attached hydrogen (secondary N) is 1. The largest absolute Gasteiger partial charge is 0.462 e. The number of esters is 2. The summed E-state index contributed by atoms with van der Waals surface area (Å²) < 4.78 is 10.4. The Labute approximate surface area is 158 Å². The SMILES string of the molecule is CCOC(=O)c1c(C)[nH]c(C(=O)[C@H](C)OC(=O)c2cccc(C)c2C)c1C. The van der Waals surface area contributed by atoms with Crippen molar-refractivity contribution in [1.82, 2.24) is 4.98 Å². The molecule has 0 saturated heterocycles. The number of ether oxygens (including phenoxy) is 2. The van der Waals surface area contributed by atoms with Crippen molar-refractivity contribution in [2.45, 2.75) is 47.6 Å². The van der Waals surface area contributed by atoms with Gasteiger partial charge in [0.25, 0.3) is 0 Å². The standard InChI is InChI=1S/C21H25NO5/c1-7-26-21(25)17-13(4)18(22-14(17)5)19(23)15(6)27-20(24)16-10-8-9-11(2)12(16)3/h8-10,15,22H,7H2,1-6H3/t15-/m0/s1. The molecule has 1 aromatic heterocycles. The molecular weight excluding hydrogens is 346 g/mol. The number of aryl methyl sites for hydroxylation is 2. The van der Waals surface area contributed by atoms with Crippen LogP contribution in [0.25, 0.3) is 0 Å². The molecule has 1 atom stereocenters. The smallest absolute Gasteiger partial charge is 0.340 e. The monoisotopic (exact) mass is 371 g/mol. The van der Waals surface area contributed by atoms with Crippen molar-refractivity contribution in [1.29, 1.82) is 0 Å². The van der Waals surface area contributed by atoms with Gasteiger partial charge in [-0.2, -0.15) is 0 Å². The van der Waals surface area contributed by atoms with E-state index in [1.165, 1.54) is 6.92 Å². The third kappa shape index (κ3) is 4.10. The highest BCUT2D eigenvalue weighted by Gasteiger charge is 2.28. The maximum atomic E-state index is 12.8. The van der Waals surface area contributed by atoms with Crippen LogP contribution in [0.2, 0.25) is 0 Å². The molecule has 0 amide bonds. The fourth-order valence-electron chi connectivity index (χ4n) is 2.96. The number of hydrogen-bond donors (Lipinski definition) is 1. The molecule has 6 heteroatoms. The lowest BCUT2D eigenvalue weighted by Gasteiger charge is -2.14. The van der Waals surface area contributed by atoms with Gasteiger partial charge in [-0.3, -0.25) is 4.79 Å². The number of carbonyl (C=O) groups is 3. The third-order valence-corrected chi connectivity index (χ3v) is 4.64. The second-order valence-corrected chi connectivity index (χ2v) is 6.50. The van der Waals surface area contributed by atoms with Gasteiger partial charge >= 0.3 is 11.9 Å². The Kier molecular flexibility index (Phi) is 6.20. The number of aromatic amines is 1. The van der Waals surface area contributed by atoms with Gasteiger partial charge in [-0.05, 0) is 64.3 Å². The fraction of sp³-hybridized carbons (Fsp3) is 0.381. The molecule has 144 valence electrons. The molecule has 0 bridgehead atoms. The molecule has 2 aromatic rings. The highest BCUT2D eigenvalue weighted by atomic mass is 16.5. The van der Waals surface area contributed by atoms with Crippen molar-refractivity contribution < 1.29 is 23.9 Å². The van der Waals surface area contributed by atoms with E-state index >= 15 is 0 Å². The van der Waals surface area contributed by atoms with Crippen LogP contribution in [-0.4, -0.2) is 35.4 Å². The number of H-pyrrole nitrogens is 1. The molecule has 0 fully saturated rings. The van der Waals surface area contributed by atoms with Crippen LogP contribution in [0.5, 0.6) is 0 Å². The molecule has 1 heterocycles. The Bertz CT molecular complexity index is 894. The van der Waals surface area contributed by atoms with Gasteiger partial charge in [0.1, 0.15) is 0 Å². The van der Waals surface area contributed by atoms with Crippen molar-refractivity contribution in [2.75, 3.05) is 6.61 Å². The van der Waals surface area contributed by atoms with Gasteiger partial charge in [-0.15, -0.1) is 0 Å². The minimum Gasteiger partial charge on any atom is -0.462 e. The van der Waals surface area contributed by atoms with E-state index in [0.29, 0.717) is 22.4 Å². The van der Waals surface area contributed by atoms with E-state index in [1.54, 1.807) is 32.9 Å². The molecule has 0 spiro atoms. The van der Waals surface area contributed by atoms with Crippen LogP contribution in [-0.2, 0) is 9.47 Å². The fourth-order valence-corrected chi connectivity index (χ4v) is 2.96. The molecular formula is C21H25NO5. The summed E-state index contributed by atoms with van der Waals surface area (Å²) in [6.45, 7) is 10.6. The second-order valence-electron chi connectivity index (χ2n) is 6.50. The van der Waals surface area contributed by atoms with Crippen molar-refractivity contribution >= 4 is 17.7 Å². The molecule has 0 saturated carbocycles. The first-order chi connectivity index (χ1) is 12.7. The lowest BCUT2D eigenvalue weighted by molar-refractivity contribution is 0.0316. The Morgan fingerprint density at radius 3 is 2.33 bits per heavy atom. The molecule has 0 radical (unpaired) electrons. The number of carbonyl (C=O) groups excluding carboxylic acids is 3. The number of Topliss-reactive ketones (excluding diaryl/α,β-unsaturated/α-hetero) is 1. The minimum absolute atomic E-state index is 0.246. The zero-order valence-corrected chi connectivity index (χ0v) is 16.6. The van der Waals surface area contributed by atoms with Crippen molar-refractivity contribution in [3.8, 4) is 0 Å². The summed E-state index contributed by atoms with van der Waals surface area (Å²) in [5, 5.41) is 0. The second kappa shape index (κ2) is 8.20. The van der Waals surface area contributed by atoms with Gasteiger partial charge in [0.2, 0.25) is 5.78 Å². The van der Waals surface area contributed by atoms with E-state index in [2.05, 4.69) is 4.98 Å². The van der Waals surface area contributed by atoms with E-state index < -0.39 is 23.8 Å². The molecule has 1 aromatic carbocycles. The molecule has 27 heavy (non-hydrogen) atoms. The molecule has 6 nitrogen and oxygen atoms in total. The average molecular weight is 371 g/mol. The summed E-state index contributed by atoms with van der Waals surface area (Å²) in [5.41, 5.74) is 3.84. The molecule has 0 unspecified atom stereocenters. The number of aromatic nitrogens is 1. The van der Waals surface area contributed by atoms with Crippen LogP contribution in [0.15, 0.2) is 18.2 Å². The highest BCUT2D eigenvalue weighted by molar-refractivity contribution is 6.04. The van der Waals surface area contributed by atoms with E-state index in [4.69, 9.17) is 9.47 Å². The van der Waals surface area contributed by atoms with Gasteiger partial charge in [0.15, 0.2) is 6.10 Å². The highest BCUT2D eigenvalue weighted by Crippen LogP contribution is 2.22. The predicted octanol–water partition coefficient (Wildman–Crippen LogP) is 3.85. The first-order valence-electron chi connectivity index (χ1n) is 8.86. The Balaban J connectivity index is 2.23. The van der Waals surface area contributed by atoms with Crippen LogP contribution in [0.3, 0.4) is 0 Å².